The van der Waals surface area contributed by atoms with E-state index in [0.29, 0.717) is 6.61 Å². The van der Waals surface area contributed by atoms with Crippen LogP contribution in [-0.2, 0) is 0 Å². The molecule has 0 bridgehead atoms. The predicted molar refractivity (Wildman–Crippen MR) is 71.3 cm³/mol. The Morgan fingerprint density at radius 3 is 2.40 bits per heavy atom. The number of ether oxygens (including phenoxy) is 2. The SMILES string of the molecule is CCCC(C)COc1ccc(OC)cc1[B-](F)(F)F.[K+]. The van der Waals surface area contributed by atoms with Crippen LogP contribution < -0.4 is 66.3 Å². The Hall–Kier alpha value is 0.311. The maximum atomic E-state index is 13.0. The zero-order chi connectivity index (χ0) is 14.5. The molecule has 1 aromatic rings. The molecular weight excluding hydrogens is 295 g/mol. The minimum atomic E-state index is -5.11. The van der Waals surface area contributed by atoms with Gasteiger partial charge in [0.2, 0.25) is 0 Å². The van der Waals surface area contributed by atoms with E-state index >= 15 is 0 Å². The Morgan fingerprint density at radius 2 is 1.90 bits per heavy atom. The van der Waals surface area contributed by atoms with Crippen molar-refractivity contribution in [1.82, 2.24) is 0 Å². The van der Waals surface area contributed by atoms with Crippen LogP contribution in [0.3, 0.4) is 0 Å². The molecule has 0 fully saturated rings. The number of hydrogen-bond donors (Lipinski definition) is 0. The van der Waals surface area contributed by atoms with Gasteiger partial charge in [0.25, 0.3) is 0 Å². The fourth-order valence-electron chi connectivity index (χ4n) is 1.85. The molecule has 0 radical (unpaired) electrons. The molecule has 0 aromatic heterocycles. The van der Waals surface area contributed by atoms with Crippen LogP contribution in [0.5, 0.6) is 11.5 Å². The average molecular weight is 314 g/mol. The summed E-state index contributed by atoms with van der Waals surface area (Å²) >= 11 is 0. The van der Waals surface area contributed by atoms with E-state index < -0.39 is 12.4 Å². The number of benzene rings is 1. The van der Waals surface area contributed by atoms with Gasteiger partial charge in [-0.3, -0.25) is 0 Å². The van der Waals surface area contributed by atoms with Crippen LogP contribution in [-0.4, -0.2) is 20.7 Å². The fraction of sp³-hybridized carbons (Fsp3) is 0.538. The second kappa shape index (κ2) is 9.35. The Bertz CT molecular complexity index is 413. The molecule has 7 heteroatoms. The van der Waals surface area contributed by atoms with Gasteiger partial charge in [-0.05, 0) is 30.5 Å². The molecule has 0 aliphatic heterocycles. The monoisotopic (exact) mass is 314 g/mol. The Balaban J connectivity index is 0.00000361. The molecule has 20 heavy (non-hydrogen) atoms. The van der Waals surface area contributed by atoms with Gasteiger partial charge in [-0.25, -0.2) is 0 Å². The normalized spacial score (nSPS) is 12.5. The predicted octanol–water partition coefficient (Wildman–Crippen LogP) is 0.569. The summed E-state index contributed by atoms with van der Waals surface area (Å²) in [5.74, 6) is 0.306. The van der Waals surface area contributed by atoms with E-state index in [1.165, 1.54) is 19.2 Å². The van der Waals surface area contributed by atoms with Crippen molar-refractivity contribution >= 4 is 12.4 Å². The van der Waals surface area contributed by atoms with Gasteiger partial charge in [-0.1, -0.05) is 25.7 Å². The van der Waals surface area contributed by atoms with Crippen LogP contribution in [0.4, 0.5) is 12.9 Å². The van der Waals surface area contributed by atoms with E-state index in [-0.39, 0.29) is 68.8 Å². The van der Waals surface area contributed by atoms with Crippen molar-refractivity contribution in [2.45, 2.75) is 26.7 Å². The summed E-state index contributed by atoms with van der Waals surface area (Å²) < 4.78 is 49.0. The maximum Gasteiger partial charge on any atom is 1.00 e. The summed E-state index contributed by atoms with van der Waals surface area (Å²) in [6, 6.07) is 3.78. The average Bonchev–Trinajstić information content (AvgIpc) is 2.35. The van der Waals surface area contributed by atoms with Crippen LogP contribution in [0.1, 0.15) is 26.7 Å². The largest absolute Gasteiger partial charge is 1.00 e. The zero-order valence-corrected chi connectivity index (χ0v) is 15.6. The maximum absolute atomic E-state index is 13.0. The fourth-order valence-corrected chi connectivity index (χ4v) is 1.85. The van der Waals surface area contributed by atoms with Crippen LogP contribution in [0.2, 0.25) is 0 Å². The molecule has 0 aliphatic carbocycles. The molecule has 0 heterocycles. The molecule has 1 rings (SSSR count). The first kappa shape index (κ1) is 20.3. The number of rotatable bonds is 7. The van der Waals surface area contributed by atoms with Gasteiger partial charge in [-0.15, -0.1) is 0 Å². The van der Waals surface area contributed by atoms with Gasteiger partial charge in [0.1, 0.15) is 5.75 Å². The minimum absolute atomic E-state index is 0. The summed E-state index contributed by atoms with van der Waals surface area (Å²) in [6.07, 6.45) is 1.92. The Kier molecular flexibility index (Phi) is 9.50. The van der Waals surface area contributed by atoms with Gasteiger partial charge in [0.15, 0.2) is 0 Å². The van der Waals surface area contributed by atoms with E-state index in [9.17, 15) is 12.9 Å². The summed E-state index contributed by atoms with van der Waals surface area (Å²) in [6.45, 7) is -0.820. The van der Waals surface area contributed by atoms with Gasteiger partial charge < -0.3 is 22.4 Å². The van der Waals surface area contributed by atoms with E-state index in [2.05, 4.69) is 0 Å². The minimum Gasteiger partial charge on any atom is -0.497 e. The Labute approximate surface area is 160 Å². The van der Waals surface area contributed by atoms with Crippen molar-refractivity contribution in [1.29, 1.82) is 0 Å². The zero-order valence-electron chi connectivity index (χ0n) is 12.5. The quantitative estimate of drug-likeness (QED) is 0.685. The van der Waals surface area contributed by atoms with Crippen LogP contribution in [0.15, 0.2) is 18.2 Å². The molecule has 1 aromatic carbocycles. The van der Waals surface area contributed by atoms with Gasteiger partial charge in [-0.2, -0.15) is 0 Å². The van der Waals surface area contributed by atoms with E-state index in [1.807, 2.05) is 13.8 Å². The Morgan fingerprint density at radius 1 is 1.25 bits per heavy atom. The number of halogens is 3. The summed E-state index contributed by atoms with van der Waals surface area (Å²) in [4.78, 5) is 0. The topological polar surface area (TPSA) is 18.5 Å². The third-order valence-corrected chi connectivity index (χ3v) is 2.87. The third-order valence-electron chi connectivity index (χ3n) is 2.87. The molecule has 0 saturated heterocycles. The molecule has 0 spiro atoms. The molecule has 2 nitrogen and oxygen atoms in total. The first-order chi connectivity index (χ1) is 8.88. The molecule has 0 amide bonds. The first-order valence-electron chi connectivity index (χ1n) is 6.39. The number of methoxy groups -OCH3 is 1. The second-order valence-corrected chi connectivity index (χ2v) is 4.68. The van der Waals surface area contributed by atoms with Crippen LogP contribution in [0.25, 0.3) is 0 Å². The van der Waals surface area contributed by atoms with Crippen molar-refractivity contribution in [3.63, 3.8) is 0 Å². The van der Waals surface area contributed by atoms with Crippen molar-refractivity contribution in [2.24, 2.45) is 5.92 Å². The molecule has 108 valence electrons. The van der Waals surface area contributed by atoms with E-state index in [1.54, 1.807) is 0 Å². The summed E-state index contributed by atoms with van der Waals surface area (Å²) in [5, 5.41) is 0. The smallest absolute Gasteiger partial charge is 0.497 e. The summed E-state index contributed by atoms with van der Waals surface area (Å²) in [5.41, 5.74) is -0.733. The van der Waals surface area contributed by atoms with Gasteiger partial charge in [0, 0.05) is 0 Å². The van der Waals surface area contributed by atoms with E-state index in [4.69, 9.17) is 9.47 Å². The molecule has 0 saturated carbocycles. The summed E-state index contributed by atoms with van der Waals surface area (Å²) in [7, 11) is 1.34. The van der Waals surface area contributed by atoms with Crippen molar-refractivity contribution < 1.29 is 73.8 Å². The van der Waals surface area contributed by atoms with Crippen LogP contribution in [0, 0.1) is 5.92 Å². The molecular formula is C13H19BF3KO2. The van der Waals surface area contributed by atoms with E-state index in [0.717, 1.165) is 18.9 Å². The van der Waals surface area contributed by atoms with Gasteiger partial charge >= 0.3 is 58.4 Å². The molecule has 1 unspecified atom stereocenters. The molecule has 0 N–H and O–H groups in total. The van der Waals surface area contributed by atoms with Crippen molar-refractivity contribution in [2.75, 3.05) is 13.7 Å². The molecule has 1 atom stereocenters. The van der Waals surface area contributed by atoms with Crippen molar-refractivity contribution in [3.05, 3.63) is 18.2 Å². The van der Waals surface area contributed by atoms with Crippen molar-refractivity contribution in [3.8, 4) is 11.5 Å². The first-order valence-corrected chi connectivity index (χ1v) is 6.39. The third kappa shape index (κ3) is 6.39. The standard InChI is InChI=1S/C13H19BF3O2.K/c1-4-5-10(2)9-19-13-7-6-11(18-3)8-12(13)14(15,16)17;/h6-8,10H,4-5,9H2,1-3H3;/q-1;+1. The van der Waals surface area contributed by atoms with Crippen LogP contribution >= 0.6 is 0 Å². The van der Waals surface area contributed by atoms with Gasteiger partial charge in [0.05, 0.1) is 19.5 Å². The second-order valence-electron chi connectivity index (χ2n) is 4.68. The molecule has 0 aliphatic rings. The number of hydrogen-bond acceptors (Lipinski definition) is 2.